The summed E-state index contributed by atoms with van der Waals surface area (Å²) in [5.74, 6) is 1.13. The predicted octanol–water partition coefficient (Wildman–Crippen LogP) is 4.07. The third-order valence-corrected chi connectivity index (χ3v) is 3.79. The zero-order chi connectivity index (χ0) is 11.3. The van der Waals surface area contributed by atoms with Crippen LogP contribution in [-0.4, -0.2) is 11.6 Å². The second-order valence-corrected chi connectivity index (χ2v) is 4.86. The van der Waals surface area contributed by atoms with Gasteiger partial charge < -0.3 is 0 Å². The molecule has 0 aliphatic heterocycles. The van der Waals surface area contributed by atoms with E-state index < -0.39 is 11.6 Å². The van der Waals surface area contributed by atoms with Crippen LogP contribution in [0.1, 0.15) is 12.5 Å². The first kappa shape index (κ1) is 12.8. The molecule has 1 aromatic rings. The molecule has 0 aliphatic rings. The standard InChI is InChI=1S/C11H13ClF2S/c1-8(5-12)6-15-7-9-2-3-10(13)11(14)4-9/h2-4,8H,5-7H2,1H3. The molecule has 1 unspecified atom stereocenters. The molecule has 84 valence electrons. The van der Waals surface area contributed by atoms with Gasteiger partial charge in [-0.05, 0) is 29.4 Å². The lowest BCUT2D eigenvalue weighted by molar-refractivity contribution is 0.507. The van der Waals surface area contributed by atoms with Crippen LogP contribution in [0.2, 0.25) is 0 Å². The van der Waals surface area contributed by atoms with Crippen molar-refractivity contribution in [3.8, 4) is 0 Å². The molecule has 1 aromatic carbocycles. The summed E-state index contributed by atoms with van der Waals surface area (Å²) in [6.45, 7) is 2.06. The van der Waals surface area contributed by atoms with Crippen molar-refractivity contribution in [2.75, 3.05) is 11.6 Å². The van der Waals surface area contributed by atoms with E-state index in [0.29, 0.717) is 17.6 Å². The van der Waals surface area contributed by atoms with Crippen LogP contribution < -0.4 is 0 Å². The highest BCUT2D eigenvalue weighted by molar-refractivity contribution is 7.98. The molecule has 0 bridgehead atoms. The Morgan fingerprint density at radius 1 is 1.33 bits per heavy atom. The molecule has 0 nitrogen and oxygen atoms in total. The maximum Gasteiger partial charge on any atom is 0.159 e. The van der Waals surface area contributed by atoms with E-state index in [0.717, 1.165) is 17.4 Å². The zero-order valence-electron chi connectivity index (χ0n) is 8.47. The average molecular weight is 251 g/mol. The summed E-state index contributed by atoms with van der Waals surface area (Å²) in [7, 11) is 0. The van der Waals surface area contributed by atoms with E-state index in [-0.39, 0.29) is 0 Å². The maximum atomic E-state index is 12.8. The molecule has 15 heavy (non-hydrogen) atoms. The molecule has 4 heteroatoms. The summed E-state index contributed by atoms with van der Waals surface area (Å²) in [5.41, 5.74) is 0.806. The van der Waals surface area contributed by atoms with Gasteiger partial charge in [0.25, 0.3) is 0 Å². The normalized spacial score (nSPS) is 12.8. The number of benzene rings is 1. The Bertz CT molecular complexity index is 317. The highest BCUT2D eigenvalue weighted by Crippen LogP contribution is 2.17. The number of hydrogen-bond acceptors (Lipinski definition) is 1. The van der Waals surface area contributed by atoms with Gasteiger partial charge >= 0.3 is 0 Å². The first-order chi connectivity index (χ1) is 7.13. The van der Waals surface area contributed by atoms with Crippen molar-refractivity contribution in [2.45, 2.75) is 12.7 Å². The fourth-order valence-corrected chi connectivity index (χ4v) is 2.34. The second kappa shape index (κ2) is 6.33. The first-order valence-corrected chi connectivity index (χ1v) is 6.40. The third kappa shape index (κ3) is 4.39. The third-order valence-electron chi connectivity index (χ3n) is 1.92. The van der Waals surface area contributed by atoms with Crippen molar-refractivity contribution < 1.29 is 8.78 Å². The van der Waals surface area contributed by atoms with Gasteiger partial charge in [0.05, 0.1) is 0 Å². The monoisotopic (exact) mass is 250 g/mol. The van der Waals surface area contributed by atoms with Crippen LogP contribution in [0.25, 0.3) is 0 Å². The SMILES string of the molecule is CC(CCl)CSCc1ccc(F)c(F)c1. The Morgan fingerprint density at radius 3 is 2.67 bits per heavy atom. The summed E-state index contributed by atoms with van der Waals surface area (Å²) in [6.07, 6.45) is 0. The fraction of sp³-hybridized carbons (Fsp3) is 0.455. The van der Waals surface area contributed by atoms with Gasteiger partial charge in [0.1, 0.15) is 0 Å². The van der Waals surface area contributed by atoms with Crippen molar-refractivity contribution in [3.63, 3.8) is 0 Å². The van der Waals surface area contributed by atoms with Crippen molar-refractivity contribution >= 4 is 23.4 Å². The van der Waals surface area contributed by atoms with Crippen LogP contribution >= 0.6 is 23.4 Å². The number of rotatable bonds is 5. The van der Waals surface area contributed by atoms with E-state index in [4.69, 9.17) is 11.6 Å². The lowest BCUT2D eigenvalue weighted by Gasteiger charge is -2.06. The average Bonchev–Trinajstić information content (AvgIpc) is 2.23. The molecule has 0 heterocycles. The molecule has 0 aliphatic carbocycles. The minimum Gasteiger partial charge on any atom is -0.204 e. The highest BCUT2D eigenvalue weighted by Gasteiger charge is 2.04. The molecule has 0 aromatic heterocycles. The predicted molar refractivity (Wildman–Crippen MR) is 62.4 cm³/mol. The molecular formula is C11H13ClF2S. The smallest absolute Gasteiger partial charge is 0.159 e. The van der Waals surface area contributed by atoms with Crippen molar-refractivity contribution in [2.24, 2.45) is 5.92 Å². The van der Waals surface area contributed by atoms with Gasteiger partial charge in [0.15, 0.2) is 11.6 Å². The Morgan fingerprint density at radius 2 is 2.07 bits per heavy atom. The van der Waals surface area contributed by atoms with Gasteiger partial charge in [-0.2, -0.15) is 11.8 Å². The number of thioether (sulfide) groups is 1. The lowest BCUT2D eigenvalue weighted by Crippen LogP contribution is -1.99. The molecule has 0 fully saturated rings. The molecule has 0 saturated carbocycles. The van der Waals surface area contributed by atoms with Crippen LogP contribution in [-0.2, 0) is 5.75 Å². The van der Waals surface area contributed by atoms with Crippen molar-refractivity contribution in [1.29, 1.82) is 0 Å². The summed E-state index contributed by atoms with van der Waals surface area (Å²) < 4.78 is 25.4. The Hall–Kier alpha value is -0.280. The number of alkyl halides is 1. The first-order valence-electron chi connectivity index (χ1n) is 4.71. The second-order valence-electron chi connectivity index (χ2n) is 3.52. The summed E-state index contributed by atoms with van der Waals surface area (Å²) in [4.78, 5) is 0. The van der Waals surface area contributed by atoms with Crippen LogP contribution in [0.3, 0.4) is 0 Å². The van der Waals surface area contributed by atoms with Crippen molar-refractivity contribution in [1.82, 2.24) is 0 Å². The maximum absolute atomic E-state index is 12.8. The van der Waals surface area contributed by atoms with Gasteiger partial charge in [0.2, 0.25) is 0 Å². The lowest BCUT2D eigenvalue weighted by atomic mass is 10.2. The minimum atomic E-state index is -0.794. The Kier molecular flexibility index (Phi) is 5.40. The van der Waals surface area contributed by atoms with Gasteiger partial charge in [-0.1, -0.05) is 13.0 Å². The van der Waals surface area contributed by atoms with Crippen molar-refractivity contribution in [3.05, 3.63) is 35.4 Å². The van der Waals surface area contributed by atoms with Crippen LogP contribution in [0, 0.1) is 17.6 Å². The summed E-state index contributed by atoms with van der Waals surface area (Å²) in [5, 5.41) is 0. The van der Waals surface area contributed by atoms with E-state index in [9.17, 15) is 8.78 Å². The van der Waals surface area contributed by atoms with E-state index in [2.05, 4.69) is 6.92 Å². The topological polar surface area (TPSA) is 0 Å². The molecule has 1 atom stereocenters. The molecule has 0 saturated heterocycles. The highest BCUT2D eigenvalue weighted by atomic mass is 35.5. The minimum absolute atomic E-state index is 0.446. The molecule has 0 spiro atoms. The van der Waals surface area contributed by atoms with Crippen LogP contribution in [0.15, 0.2) is 18.2 Å². The largest absolute Gasteiger partial charge is 0.204 e. The van der Waals surface area contributed by atoms with E-state index >= 15 is 0 Å². The summed E-state index contributed by atoms with van der Waals surface area (Å²) >= 11 is 7.34. The Labute approximate surface area is 98.0 Å². The molecule has 0 amide bonds. The van der Waals surface area contributed by atoms with Gasteiger partial charge in [-0.25, -0.2) is 8.78 Å². The van der Waals surface area contributed by atoms with Gasteiger partial charge in [-0.3, -0.25) is 0 Å². The molecule has 0 radical (unpaired) electrons. The zero-order valence-corrected chi connectivity index (χ0v) is 10.0. The quantitative estimate of drug-likeness (QED) is 0.710. The van der Waals surface area contributed by atoms with Crippen LogP contribution in [0.4, 0.5) is 8.78 Å². The van der Waals surface area contributed by atoms with Crippen LogP contribution in [0.5, 0.6) is 0 Å². The van der Waals surface area contributed by atoms with E-state index in [1.807, 2.05) is 0 Å². The van der Waals surface area contributed by atoms with Gasteiger partial charge in [0, 0.05) is 11.6 Å². The Balaban J connectivity index is 2.41. The van der Waals surface area contributed by atoms with E-state index in [1.165, 1.54) is 6.07 Å². The molecule has 1 rings (SSSR count). The van der Waals surface area contributed by atoms with Gasteiger partial charge in [-0.15, -0.1) is 11.6 Å². The number of halogens is 3. The fourth-order valence-electron chi connectivity index (χ4n) is 1.05. The molecule has 0 N–H and O–H groups in total. The molecular weight excluding hydrogens is 238 g/mol. The van der Waals surface area contributed by atoms with E-state index in [1.54, 1.807) is 17.8 Å². The summed E-state index contributed by atoms with van der Waals surface area (Å²) in [6, 6.07) is 4.01. The number of hydrogen-bond donors (Lipinski definition) is 0.